The van der Waals surface area contributed by atoms with Crippen LogP contribution in [0.15, 0.2) is 23.6 Å². The molecule has 1 aromatic carbocycles. The van der Waals surface area contributed by atoms with Crippen molar-refractivity contribution in [3.05, 3.63) is 34.8 Å². The lowest BCUT2D eigenvalue weighted by Crippen LogP contribution is -2.29. The summed E-state index contributed by atoms with van der Waals surface area (Å²) in [4.78, 5) is 19.3. The fourth-order valence-electron chi connectivity index (χ4n) is 3.12. The molecule has 3 rings (SSSR count). The lowest BCUT2D eigenvalue weighted by Gasteiger charge is -2.25. The molecule has 1 N–H and O–H groups in total. The number of rotatable bonds is 7. The number of likely N-dealkylation sites (tertiary alicyclic amines) is 1. The van der Waals surface area contributed by atoms with Gasteiger partial charge in [-0.25, -0.2) is 4.98 Å². The standard InChI is InChI=1S/C19H25N3O3S/c1-24-16-7-6-14(10-17(16)25-2)11-18(23)21-19-20-15(13-26-19)12-22-8-4-3-5-9-22/h6-7,10,13H,3-5,8-9,11-12H2,1-2H3,(H,20,21,23). The molecule has 2 aromatic rings. The Balaban J connectivity index is 1.55. The van der Waals surface area contributed by atoms with Crippen molar-refractivity contribution in [2.24, 2.45) is 0 Å². The van der Waals surface area contributed by atoms with Crippen molar-refractivity contribution in [1.29, 1.82) is 0 Å². The number of thiazole rings is 1. The third kappa shape index (κ3) is 4.95. The van der Waals surface area contributed by atoms with Gasteiger partial charge in [-0.1, -0.05) is 12.5 Å². The van der Waals surface area contributed by atoms with Crippen LogP contribution in [0.5, 0.6) is 11.5 Å². The van der Waals surface area contributed by atoms with Crippen molar-refractivity contribution < 1.29 is 14.3 Å². The Morgan fingerprint density at radius 1 is 1.19 bits per heavy atom. The SMILES string of the molecule is COc1ccc(CC(=O)Nc2nc(CN3CCCCC3)cs2)cc1OC. The molecule has 0 aliphatic carbocycles. The van der Waals surface area contributed by atoms with E-state index in [1.54, 1.807) is 14.2 Å². The van der Waals surface area contributed by atoms with Crippen LogP contribution in [0, 0.1) is 0 Å². The smallest absolute Gasteiger partial charge is 0.230 e. The summed E-state index contributed by atoms with van der Waals surface area (Å²) in [5, 5.41) is 5.58. The van der Waals surface area contributed by atoms with E-state index in [-0.39, 0.29) is 12.3 Å². The van der Waals surface area contributed by atoms with Gasteiger partial charge in [-0.15, -0.1) is 11.3 Å². The Hall–Kier alpha value is -2.12. The molecule has 0 saturated carbocycles. The first-order valence-electron chi connectivity index (χ1n) is 8.85. The van der Waals surface area contributed by atoms with E-state index < -0.39 is 0 Å². The molecule has 0 unspecified atom stereocenters. The third-order valence-corrected chi connectivity index (χ3v) is 5.25. The molecule has 26 heavy (non-hydrogen) atoms. The first kappa shape index (κ1) is 18.7. The first-order valence-corrected chi connectivity index (χ1v) is 9.73. The molecule has 140 valence electrons. The lowest BCUT2D eigenvalue weighted by molar-refractivity contribution is -0.115. The molecular formula is C19H25N3O3S. The number of benzene rings is 1. The molecule has 7 heteroatoms. The number of ether oxygens (including phenoxy) is 2. The van der Waals surface area contributed by atoms with Gasteiger partial charge < -0.3 is 14.8 Å². The third-order valence-electron chi connectivity index (χ3n) is 4.45. The average molecular weight is 375 g/mol. The molecule has 1 fully saturated rings. The normalized spacial score (nSPS) is 14.8. The molecule has 0 spiro atoms. The number of amides is 1. The van der Waals surface area contributed by atoms with E-state index in [1.807, 2.05) is 23.6 Å². The number of carbonyl (C=O) groups excluding carboxylic acids is 1. The summed E-state index contributed by atoms with van der Waals surface area (Å²) in [6.07, 6.45) is 4.12. The zero-order valence-corrected chi connectivity index (χ0v) is 16.1. The summed E-state index contributed by atoms with van der Waals surface area (Å²) in [6.45, 7) is 3.14. The van der Waals surface area contributed by atoms with Gasteiger partial charge in [0.05, 0.1) is 26.3 Å². The maximum Gasteiger partial charge on any atom is 0.230 e. The average Bonchev–Trinajstić information content (AvgIpc) is 3.09. The molecule has 0 atom stereocenters. The minimum atomic E-state index is -0.0870. The maximum atomic E-state index is 12.3. The van der Waals surface area contributed by atoms with Crippen LogP contribution in [0.1, 0.15) is 30.5 Å². The minimum absolute atomic E-state index is 0.0870. The van der Waals surface area contributed by atoms with E-state index in [2.05, 4.69) is 15.2 Å². The minimum Gasteiger partial charge on any atom is -0.493 e. The molecule has 6 nitrogen and oxygen atoms in total. The highest BCUT2D eigenvalue weighted by atomic mass is 32.1. The van der Waals surface area contributed by atoms with Gasteiger partial charge in [-0.3, -0.25) is 9.69 Å². The van der Waals surface area contributed by atoms with Gasteiger partial charge >= 0.3 is 0 Å². The molecule has 1 aliphatic rings. The highest BCUT2D eigenvalue weighted by Gasteiger charge is 2.14. The number of methoxy groups -OCH3 is 2. The van der Waals surface area contributed by atoms with Gasteiger partial charge in [0.2, 0.25) is 5.91 Å². The summed E-state index contributed by atoms with van der Waals surface area (Å²) in [7, 11) is 3.18. The zero-order valence-electron chi connectivity index (χ0n) is 15.3. The summed E-state index contributed by atoms with van der Waals surface area (Å²) < 4.78 is 10.5. The van der Waals surface area contributed by atoms with Gasteiger partial charge in [0, 0.05) is 11.9 Å². The van der Waals surface area contributed by atoms with Gasteiger partial charge in [0.25, 0.3) is 0 Å². The maximum absolute atomic E-state index is 12.3. The molecular weight excluding hydrogens is 350 g/mol. The number of piperidine rings is 1. The summed E-state index contributed by atoms with van der Waals surface area (Å²) in [5.74, 6) is 1.19. The molecule has 0 radical (unpaired) electrons. The number of carbonyl (C=O) groups is 1. The molecule has 0 bridgehead atoms. The van der Waals surface area contributed by atoms with Crippen LogP contribution in [0.2, 0.25) is 0 Å². The van der Waals surface area contributed by atoms with Crippen LogP contribution in [0.3, 0.4) is 0 Å². The highest BCUT2D eigenvalue weighted by Crippen LogP contribution is 2.28. The van der Waals surface area contributed by atoms with Crippen molar-refractivity contribution in [3.8, 4) is 11.5 Å². The number of nitrogens with zero attached hydrogens (tertiary/aromatic N) is 2. The number of nitrogens with one attached hydrogen (secondary N) is 1. The van der Waals surface area contributed by atoms with Crippen LogP contribution in [-0.4, -0.2) is 43.1 Å². The lowest BCUT2D eigenvalue weighted by atomic mass is 10.1. The second-order valence-corrected chi connectivity index (χ2v) is 7.25. The van der Waals surface area contributed by atoms with Crippen molar-refractivity contribution >= 4 is 22.4 Å². The van der Waals surface area contributed by atoms with Gasteiger partial charge in [-0.2, -0.15) is 0 Å². The highest BCUT2D eigenvalue weighted by molar-refractivity contribution is 7.13. The van der Waals surface area contributed by atoms with Crippen LogP contribution in [0.25, 0.3) is 0 Å². The van der Waals surface area contributed by atoms with Crippen LogP contribution < -0.4 is 14.8 Å². The van der Waals surface area contributed by atoms with Crippen molar-refractivity contribution in [2.75, 3.05) is 32.6 Å². The van der Waals surface area contributed by atoms with Gasteiger partial charge in [0.1, 0.15) is 0 Å². The summed E-state index contributed by atoms with van der Waals surface area (Å²) in [6, 6.07) is 5.49. The fourth-order valence-corrected chi connectivity index (χ4v) is 3.84. The Labute approximate surface area is 158 Å². The van der Waals surface area contributed by atoms with Gasteiger partial charge in [0.15, 0.2) is 16.6 Å². The van der Waals surface area contributed by atoms with Crippen LogP contribution in [0.4, 0.5) is 5.13 Å². The van der Waals surface area contributed by atoms with Crippen molar-refractivity contribution in [1.82, 2.24) is 9.88 Å². The summed E-state index contributed by atoms with van der Waals surface area (Å²) >= 11 is 1.48. The Kier molecular flexibility index (Phi) is 6.46. The topological polar surface area (TPSA) is 63.7 Å². The number of anilines is 1. The molecule has 2 heterocycles. The first-order chi connectivity index (χ1) is 12.7. The van der Waals surface area contributed by atoms with Crippen molar-refractivity contribution in [2.45, 2.75) is 32.2 Å². The van der Waals surface area contributed by atoms with Crippen LogP contribution in [-0.2, 0) is 17.8 Å². The number of hydrogen-bond acceptors (Lipinski definition) is 6. The largest absolute Gasteiger partial charge is 0.493 e. The zero-order chi connectivity index (χ0) is 18.4. The fraction of sp³-hybridized carbons (Fsp3) is 0.474. The quantitative estimate of drug-likeness (QED) is 0.804. The van der Waals surface area contributed by atoms with Crippen molar-refractivity contribution in [3.63, 3.8) is 0 Å². The van der Waals surface area contributed by atoms with E-state index in [4.69, 9.17) is 9.47 Å². The molecule has 1 aliphatic heterocycles. The van der Waals surface area contributed by atoms with Crippen LogP contribution >= 0.6 is 11.3 Å². The van der Waals surface area contributed by atoms with E-state index in [0.717, 1.165) is 30.9 Å². The monoisotopic (exact) mass is 375 g/mol. The second-order valence-electron chi connectivity index (χ2n) is 6.40. The number of aromatic nitrogens is 1. The van der Waals surface area contributed by atoms with Gasteiger partial charge in [-0.05, 0) is 43.6 Å². The summed E-state index contributed by atoms with van der Waals surface area (Å²) in [5.41, 5.74) is 1.89. The molecule has 1 aromatic heterocycles. The number of hydrogen-bond donors (Lipinski definition) is 1. The predicted molar refractivity (Wildman–Crippen MR) is 103 cm³/mol. The van der Waals surface area contributed by atoms with E-state index in [0.29, 0.717) is 16.6 Å². The Morgan fingerprint density at radius 3 is 2.69 bits per heavy atom. The predicted octanol–water partition coefficient (Wildman–Crippen LogP) is 3.33. The Morgan fingerprint density at radius 2 is 1.96 bits per heavy atom. The van der Waals surface area contributed by atoms with E-state index in [9.17, 15) is 4.79 Å². The molecule has 1 saturated heterocycles. The van der Waals surface area contributed by atoms with E-state index in [1.165, 1.54) is 30.6 Å². The second kappa shape index (κ2) is 9.00. The molecule has 1 amide bonds. The van der Waals surface area contributed by atoms with E-state index >= 15 is 0 Å². The Bertz CT molecular complexity index is 741.